The number of alkyl halides is 1. The molecule has 0 nitrogen and oxygen atoms in total. The second kappa shape index (κ2) is 3.80. The van der Waals surface area contributed by atoms with Gasteiger partial charge in [-0.2, -0.15) is 0 Å². The molecule has 1 aliphatic rings. The predicted molar refractivity (Wildman–Crippen MR) is 68.1 cm³/mol. The van der Waals surface area contributed by atoms with Gasteiger partial charge in [0.2, 0.25) is 0 Å². The molecule has 1 saturated carbocycles. The van der Waals surface area contributed by atoms with Gasteiger partial charge in [-0.3, -0.25) is 0 Å². The number of hydrogen-bond donors (Lipinski definition) is 0. The lowest BCUT2D eigenvalue weighted by molar-refractivity contribution is 0.737. The first-order chi connectivity index (χ1) is 7.36. The van der Waals surface area contributed by atoms with E-state index < -0.39 is 0 Å². The fourth-order valence-corrected chi connectivity index (χ4v) is 3.97. The largest absolute Gasteiger partial charge is 0.144 e. The van der Waals surface area contributed by atoms with Crippen LogP contribution in [0.2, 0.25) is 0 Å². The summed E-state index contributed by atoms with van der Waals surface area (Å²) in [6.45, 7) is 0. The Morgan fingerprint density at radius 2 is 2.13 bits per heavy atom. The smallest absolute Gasteiger partial charge is 0.0405 e. The molecule has 1 aromatic carbocycles. The molecule has 3 rings (SSSR count). The van der Waals surface area contributed by atoms with Crippen molar-refractivity contribution in [1.29, 1.82) is 0 Å². The van der Waals surface area contributed by atoms with Gasteiger partial charge in [0.1, 0.15) is 0 Å². The van der Waals surface area contributed by atoms with Crippen LogP contribution >= 0.6 is 22.9 Å². The number of hydrogen-bond acceptors (Lipinski definition) is 1. The molecule has 0 aliphatic heterocycles. The monoisotopic (exact) mass is 236 g/mol. The van der Waals surface area contributed by atoms with Crippen LogP contribution < -0.4 is 0 Å². The Hall–Kier alpha value is -0.530. The molecule has 15 heavy (non-hydrogen) atoms. The summed E-state index contributed by atoms with van der Waals surface area (Å²) in [6.07, 6.45) is 3.71. The molecule has 0 amide bonds. The summed E-state index contributed by atoms with van der Waals surface area (Å²) < 4.78 is 1.44. The number of benzene rings is 1. The molecule has 1 fully saturated rings. The highest BCUT2D eigenvalue weighted by Gasteiger charge is 2.27. The average Bonchev–Trinajstić information content (AvgIpc) is 2.85. The van der Waals surface area contributed by atoms with Gasteiger partial charge in [0.25, 0.3) is 0 Å². The van der Waals surface area contributed by atoms with Crippen molar-refractivity contribution in [3.8, 4) is 0 Å². The molecular weight excluding hydrogens is 224 g/mol. The summed E-state index contributed by atoms with van der Waals surface area (Å²) in [5.41, 5.74) is 1.47. The van der Waals surface area contributed by atoms with Crippen LogP contribution in [0, 0.1) is 0 Å². The third-order valence-corrected chi connectivity index (χ3v) is 4.84. The Labute approximate surface area is 98.9 Å². The lowest BCUT2D eigenvalue weighted by atomic mass is 9.96. The van der Waals surface area contributed by atoms with Gasteiger partial charge >= 0.3 is 0 Å². The third kappa shape index (κ3) is 1.58. The van der Waals surface area contributed by atoms with E-state index in [4.69, 9.17) is 11.6 Å². The number of fused-ring (bicyclic) bond motifs is 1. The van der Waals surface area contributed by atoms with Crippen LogP contribution in [0.5, 0.6) is 0 Å². The number of rotatable bonds is 1. The van der Waals surface area contributed by atoms with Crippen LogP contribution in [0.3, 0.4) is 0 Å². The summed E-state index contributed by atoms with van der Waals surface area (Å²) in [5.74, 6) is 0.578. The molecule has 2 aromatic rings. The molecule has 0 spiro atoms. The van der Waals surface area contributed by atoms with Gasteiger partial charge in [-0.15, -0.1) is 22.9 Å². The first-order valence-corrected chi connectivity index (χ1v) is 6.78. The minimum absolute atomic E-state index is 0.345. The summed E-state index contributed by atoms with van der Waals surface area (Å²) >= 11 is 8.23. The molecule has 78 valence electrons. The molecule has 1 aromatic heterocycles. The normalized spacial score (nSPS) is 26.2. The summed E-state index contributed by atoms with van der Waals surface area (Å²) in [5, 5.41) is 3.89. The predicted octanol–water partition coefficient (Wildman–Crippen LogP) is 4.78. The van der Waals surface area contributed by atoms with Gasteiger partial charge in [-0.05, 0) is 35.2 Å². The maximum atomic E-state index is 6.38. The second-order valence-electron chi connectivity index (χ2n) is 4.24. The molecule has 0 N–H and O–H groups in total. The van der Waals surface area contributed by atoms with Crippen molar-refractivity contribution in [3.63, 3.8) is 0 Å². The van der Waals surface area contributed by atoms with Gasteiger partial charge in [0, 0.05) is 16.0 Å². The van der Waals surface area contributed by atoms with Crippen molar-refractivity contribution >= 4 is 33.0 Å². The second-order valence-corrected chi connectivity index (χ2v) is 5.72. The Morgan fingerprint density at radius 3 is 2.93 bits per heavy atom. The Bertz CT molecular complexity index is 474. The topological polar surface area (TPSA) is 0 Å². The van der Waals surface area contributed by atoms with E-state index in [1.807, 2.05) is 11.3 Å². The fourth-order valence-electron chi connectivity index (χ4n) is 2.57. The van der Waals surface area contributed by atoms with E-state index in [2.05, 4.69) is 29.6 Å². The van der Waals surface area contributed by atoms with Crippen LogP contribution in [-0.4, -0.2) is 5.38 Å². The number of halogens is 1. The summed E-state index contributed by atoms with van der Waals surface area (Å²) in [4.78, 5) is 0. The van der Waals surface area contributed by atoms with Gasteiger partial charge in [0.15, 0.2) is 0 Å². The first-order valence-electron chi connectivity index (χ1n) is 5.46. The van der Waals surface area contributed by atoms with E-state index in [1.165, 1.54) is 34.9 Å². The maximum Gasteiger partial charge on any atom is 0.0405 e. The molecule has 2 atom stereocenters. The van der Waals surface area contributed by atoms with E-state index in [9.17, 15) is 0 Å². The Morgan fingerprint density at radius 1 is 1.20 bits per heavy atom. The minimum atomic E-state index is 0.345. The van der Waals surface area contributed by atoms with Crippen molar-refractivity contribution in [1.82, 2.24) is 0 Å². The molecule has 1 heterocycles. The lowest BCUT2D eigenvalue weighted by Crippen LogP contribution is -2.04. The molecule has 2 unspecified atom stereocenters. The van der Waals surface area contributed by atoms with Gasteiger partial charge in [0.05, 0.1) is 0 Å². The standard InChI is InChI=1S/C13H13ClS/c14-12-6-2-4-10(12)11-5-1-3-9-7-8-15-13(9)11/h1,3,5,7-8,10,12H,2,4,6H2. The zero-order valence-corrected chi connectivity index (χ0v) is 10.0. The van der Waals surface area contributed by atoms with Gasteiger partial charge in [-0.25, -0.2) is 0 Å². The minimum Gasteiger partial charge on any atom is -0.144 e. The summed E-state index contributed by atoms with van der Waals surface area (Å²) in [7, 11) is 0. The van der Waals surface area contributed by atoms with E-state index in [0.29, 0.717) is 11.3 Å². The van der Waals surface area contributed by atoms with Gasteiger partial charge < -0.3 is 0 Å². The highest BCUT2D eigenvalue weighted by atomic mass is 35.5. The van der Waals surface area contributed by atoms with E-state index in [0.717, 1.165) is 0 Å². The van der Waals surface area contributed by atoms with Crippen molar-refractivity contribution in [2.45, 2.75) is 30.6 Å². The highest BCUT2D eigenvalue weighted by Crippen LogP contribution is 2.41. The van der Waals surface area contributed by atoms with Crippen molar-refractivity contribution < 1.29 is 0 Å². The average molecular weight is 237 g/mol. The SMILES string of the molecule is ClC1CCCC1c1cccc2ccsc12. The molecule has 0 radical (unpaired) electrons. The lowest BCUT2D eigenvalue weighted by Gasteiger charge is -2.14. The van der Waals surface area contributed by atoms with E-state index in [1.54, 1.807) is 0 Å². The van der Waals surface area contributed by atoms with Crippen LogP contribution in [0.4, 0.5) is 0 Å². The van der Waals surface area contributed by atoms with E-state index in [-0.39, 0.29) is 0 Å². The Kier molecular flexibility index (Phi) is 2.45. The van der Waals surface area contributed by atoms with Crippen molar-refractivity contribution in [2.24, 2.45) is 0 Å². The number of thiophene rings is 1. The Balaban J connectivity index is 2.13. The quantitative estimate of drug-likeness (QED) is 0.626. The first kappa shape index (κ1) is 9.68. The van der Waals surface area contributed by atoms with Crippen molar-refractivity contribution in [2.75, 3.05) is 0 Å². The molecule has 1 aliphatic carbocycles. The molecule has 2 heteroatoms. The van der Waals surface area contributed by atoms with Crippen molar-refractivity contribution in [3.05, 3.63) is 35.2 Å². The maximum absolute atomic E-state index is 6.38. The van der Waals surface area contributed by atoms with Crippen LogP contribution in [0.15, 0.2) is 29.6 Å². The fraction of sp³-hybridized carbons (Fsp3) is 0.385. The zero-order chi connectivity index (χ0) is 10.3. The van der Waals surface area contributed by atoms with Crippen LogP contribution in [0.25, 0.3) is 10.1 Å². The third-order valence-electron chi connectivity index (χ3n) is 3.34. The molecular formula is C13H13ClS. The van der Waals surface area contributed by atoms with Crippen LogP contribution in [0.1, 0.15) is 30.7 Å². The summed E-state index contributed by atoms with van der Waals surface area (Å²) in [6, 6.07) is 8.80. The molecule has 0 bridgehead atoms. The van der Waals surface area contributed by atoms with Crippen LogP contribution in [-0.2, 0) is 0 Å². The highest BCUT2D eigenvalue weighted by molar-refractivity contribution is 7.17. The van der Waals surface area contributed by atoms with E-state index >= 15 is 0 Å². The van der Waals surface area contributed by atoms with Gasteiger partial charge in [-0.1, -0.05) is 24.6 Å². The molecule has 0 saturated heterocycles. The zero-order valence-electron chi connectivity index (χ0n) is 8.45.